The number of likely N-dealkylation sites (tertiary alicyclic amines) is 5. The number of ether oxygens (including phenoxy) is 1. The number of amides is 4. The van der Waals surface area contributed by atoms with Crippen molar-refractivity contribution in [1.29, 1.82) is 0 Å². The van der Waals surface area contributed by atoms with Crippen molar-refractivity contribution in [3.8, 4) is 0 Å². The first-order valence-electron chi connectivity index (χ1n) is 50.5. The van der Waals surface area contributed by atoms with E-state index in [9.17, 15) is 36.4 Å². The Hall–Kier alpha value is -9.62. The maximum Gasteiger partial charge on any atom is 0.409 e. The van der Waals surface area contributed by atoms with Crippen LogP contribution in [0.5, 0.6) is 0 Å². The highest BCUT2D eigenvalue weighted by Gasteiger charge is 2.39. The summed E-state index contributed by atoms with van der Waals surface area (Å²) < 4.78 is 55.2. The van der Waals surface area contributed by atoms with E-state index in [0.717, 1.165) is 90.0 Å². The van der Waals surface area contributed by atoms with Crippen molar-refractivity contribution in [1.82, 2.24) is 39.0 Å². The smallest absolute Gasteiger partial charge is 0.409 e. The number of sulfonamides is 1. The summed E-state index contributed by atoms with van der Waals surface area (Å²) in [6.07, 6.45) is 1.67. The number of nitrogens with one attached hydrogen (secondary N) is 1. The molecule has 758 valence electrons. The van der Waals surface area contributed by atoms with Crippen LogP contribution in [0.4, 0.5) is 19.3 Å². The quantitative estimate of drug-likeness (QED) is 0.103. The van der Waals surface area contributed by atoms with Crippen LogP contribution in [0.3, 0.4) is 0 Å². The molecule has 0 spiro atoms. The monoisotopic (exact) mass is 1920 g/mol. The summed E-state index contributed by atoms with van der Waals surface area (Å²) >= 11 is 0. The standard InChI is InChI=1S/C16H23FN2O.C16H23NO.C15H22FN.C15H20N2.C15H21NO2.C15H21NO.C14H21NO2S.C13H19N/c1-16(2,3)12-6-7-14(13(17)8-12)19-9-11(10-19)15(20)18(4)5;1-5-15(18)17-10-13(11-17)12-6-8-14(9-7-12)16(2,3)4;1-15(2,3)14-6-4-12(5-7-14)13-10-17(11-13)9-8-16;1-15(2,3)14-7-5-12(6-8-14)13-9-17(10-13)11-16-4;1-15(2,3)13-7-5-11(6-8-13)12-9-16(10-12)14(17)18-4;1-11(17)16-9-13(10-16)12-5-7-14(8-6-12)15(2,3)4;1-14(2,3)13-7-5-11(6-8-13)12-9-15(10-12)18(4,16)17;1-13(2,3)12-6-4-10(5-7-12)11-8-14-9-11/h6-8,11H,9-10H2,1-5H3;6-9,13H,5,10-11H2,1-4H3;4-7,13H,8-11H2,1-3H3;5-8,13H,9-11H2,1-3H3;5-8,12H,9-10H2,1-4H3;5-8,13H,9-10H2,1-4H3;5-8,12H,9-10H2,1-4H3;4-7,11,14H,8-9H2,1-3H3. The van der Waals surface area contributed by atoms with E-state index < -0.39 is 10.0 Å². The molecule has 16 rings (SSSR count). The van der Waals surface area contributed by atoms with E-state index in [2.05, 4.69) is 361 Å². The maximum absolute atomic E-state index is 14.2. The lowest BCUT2D eigenvalue weighted by molar-refractivity contribution is -0.135. The Bertz CT molecular complexity index is 5320. The number of hydrogen-bond donors (Lipinski definition) is 1. The minimum Gasteiger partial charge on any atom is -0.453 e. The van der Waals surface area contributed by atoms with Crippen molar-refractivity contribution in [2.75, 3.05) is 157 Å². The van der Waals surface area contributed by atoms with E-state index in [1.165, 1.54) is 95.6 Å². The summed E-state index contributed by atoms with van der Waals surface area (Å²) in [7, 11) is 1.93. The Morgan fingerprint density at radius 1 is 0.403 bits per heavy atom. The van der Waals surface area contributed by atoms with Gasteiger partial charge in [0.2, 0.25) is 27.7 Å². The molecule has 8 aromatic rings. The molecular weight excluding hydrogens is 1750 g/mol. The predicted molar refractivity (Wildman–Crippen MR) is 573 cm³/mol. The molecule has 8 aliphatic heterocycles. The third kappa shape index (κ3) is 32.4. The molecule has 0 saturated carbocycles. The van der Waals surface area contributed by atoms with Crippen LogP contribution in [0.1, 0.15) is 311 Å². The molecule has 8 aromatic carbocycles. The van der Waals surface area contributed by atoms with Crippen LogP contribution >= 0.6 is 0 Å². The van der Waals surface area contributed by atoms with Gasteiger partial charge in [-0.15, -0.1) is 0 Å². The molecule has 20 heteroatoms. The first-order valence-corrected chi connectivity index (χ1v) is 52.4. The molecule has 17 nitrogen and oxygen atoms in total. The van der Waals surface area contributed by atoms with Crippen molar-refractivity contribution < 1.29 is 41.1 Å². The number of nitrogens with zero attached hydrogens (tertiary/aromatic N) is 9. The average molecular weight is 1920 g/mol. The number of carbonyl (C=O) groups excluding carboxylic acids is 4. The van der Waals surface area contributed by atoms with E-state index in [-0.39, 0.29) is 85.5 Å². The van der Waals surface area contributed by atoms with Gasteiger partial charge in [0.1, 0.15) is 12.5 Å². The van der Waals surface area contributed by atoms with Gasteiger partial charge in [0, 0.05) is 180 Å². The van der Waals surface area contributed by atoms with Crippen LogP contribution in [0.2, 0.25) is 0 Å². The first-order chi connectivity index (χ1) is 64.7. The molecule has 0 unspecified atom stereocenters. The molecule has 8 saturated heterocycles. The first kappa shape index (κ1) is 113. The minimum absolute atomic E-state index is 0.00769. The molecule has 4 amide bonds. The Labute approximate surface area is 837 Å². The fourth-order valence-corrected chi connectivity index (χ4v) is 18.7. The number of benzene rings is 8. The normalized spacial score (nSPS) is 17.2. The van der Waals surface area contributed by atoms with Crippen molar-refractivity contribution in [3.05, 3.63) is 289 Å². The molecule has 8 fully saturated rings. The number of rotatable bonds is 14. The van der Waals surface area contributed by atoms with Gasteiger partial charge in [-0.05, 0) is 139 Å². The third-order valence-corrected chi connectivity index (χ3v) is 29.7. The second kappa shape index (κ2) is 47.5. The molecule has 8 aliphatic rings. The highest BCUT2D eigenvalue weighted by molar-refractivity contribution is 7.88. The predicted octanol–water partition coefficient (Wildman–Crippen LogP) is 23.7. The second-order valence-corrected chi connectivity index (χ2v) is 50.2. The SMILES string of the molecule is CC(=O)N1CC(c2ccc(C(C)(C)C)cc2)C1.CC(C)(C)c1ccc(C2CN(CCF)C2)cc1.CC(C)(C)c1ccc(C2CN(S(C)(=O)=O)C2)cc1.CC(C)(C)c1ccc(C2CNC2)cc1.CCC(=O)N1CC(c2ccc(C(C)(C)C)cc2)C1.CN(C)C(=O)C1CN(c2ccc(C(C)(C)C)cc2F)C1.COC(=O)N1CC(c2ccc(C(C)(C)C)cc2)C1.[C-]#[N+]CN1CC(c2ccc(C(C)(C)C)cc2)C1. The summed E-state index contributed by atoms with van der Waals surface area (Å²) in [6, 6.07) is 67.5. The Balaban J connectivity index is 0.000000178. The van der Waals surface area contributed by atoms with Crippen molar-refractivity contribution in [2.24, 2.45) is 5.92 Å². The zero-order chi connectivity index (χ0) is 103. The average Bonchev–Trinajstić information content (AvgIpc) is 0.786. The van der Waals surface area contributed by atoms with Crippen LogP contribution < -0.4 is 10.2 Å². The molecule has 8 heterocycles. The summed E-state index contributed by atoms with van der Waals surface area (Å²) in [5, 5.41) is 3.30. The Morgan fingerprint density at radius 2 is 0.676 bits per heavy atom. The number of methoxy groups -OCH3 is 1. The van der Waals surface area contributed by atoms with Gasteiger partial charge in [0.05, 0.1) is 25.0 Å². The summed E-state index contributed by atoms with van der Waals surface area (Å²) in [4.78, 5) is 62.5. The third-order valence-electron chi connectivity index (χ3n) is 28.4. The summed E-state index contributed by atoms with van der Waals surface area (Å²) in [6.45, 7) is 78.2. The number of anilines is 1. The molecular formula is C119H170F2N10O7S. The summed E-state index contributed by atoms with van der Waals surface area (Å²) in [5.41, 5.74) is 22.2. The van der Waals surface area contributed by atoms with Gasteiger partial charge in [-0.3, -0.25) is 24.1 Å². The lowest BCUT2D eigenvalue weighted by Crippen LogP contribution is -2.53. The van der Waals surface area contributed by atoms with Crippen LogP contribution in [0, 0.1) is 18.3 Å². The van der Waals surface area contributed by atoms with Crippen molar-refractivity contribution in [2.45, 2.75) is 271 Å². The fraction of sp³-hybridized carbons (Fsp3) is 0.555. The lowest BCUT2D eigenvalue weighted by Gasteiger charge is -2.41. The molecule has 0 atom stereocenters. The van der Waals surface area contributed by atoms with E-state index in [1.54, 1.807) is 36.9 Å². The highest BCUT2D eigenvalue weighted by Crippen LogP contribution is 2.39. The molecule has 0 bridgehead atoms. The Kier molecular flexibility index (Phi) is 38.6. The molecule has 0 radical (unpaired) electrons. The van der Waals surface area contributed by atoms with Gasteiger partial charge in [-0.1, -0.05) is 349 Å². The molecule has 139 heavy (non-hydrogen) atoms. The number of halogens is 2. The zero-order valence-electron chi connectivity index (χ0n) is 90.2. The minimum atomic E-state index is -3.01. The number of hydrogen-bond acceptors (Lipinski definition) is 11. The largest absolute Gasteiger partial charge is 0.453 e. The number of carbonyl (C=O) groups is 4. The molecule has 1 N–H and O–H groups in total. The van der Waals surface area contributed by atoms with Gasteiger partial charge >= 0.3 is 6.09 Å². The van der Waals surface area contributed by atoms with Crippen molar-refractivity contribution >= 4 is 39.5 Å². The zero-order valence-corrected chi connectivity index (χ0v) is 91.0. The van der Waals surface area contributed by atoms with Gasteiger partial charge in [-0.2, -0.15) is 0 Å². The fourth-order valence-electron chi connectivity index (χ4n) is 17.8. The van der Waals surface area contributed by atoms with Crippen LogP contribution in [-0.4, -0.2) is 218 Å². The van der Waals surface area contributed by atoms with Gasteiger partial charge in [0.25, 0.3) is 6.67 Å². The Morgan fingerprint density at radius 3 is 0.921 bits per heavy atom. The van der Waals surface area contributed by atoms with Crippen LogP contribution in [0.25, 0.3) is 4.85 Å². The van der Waals surface area contributed by atoms with E-state index in [1.807, 2.05) is 33.8 Å². The van der Waals surface area contributed by atoms with E-state index in [0.29, 0.717) is 87.0 Å². The van der Waals surface area contributed by atoms with Crippen LogP contribution in [-0.2, 0) is 72.5 Å². The van der Waals surface area contributed by atoms with Gasteiger partial charge in [-0.25, -0.2) is 37.8 Å². The van der Waals surface area contributed by atoms with Crippen LogP contribution in [0.15, 0.2) is 188 Å². The second-order valence-electron chi connectivity index (χ2n) is 48.2. The van der Waals surface area contributed by atoms with E-state index in [4.69, 9.17) is 6.57 Å². The lowest BCUT2D eigenvalue weighted by atomic mass is 9.84. The topological polar surface area (TPSA) is 154 Å². The van der Waals surface area contributed by atoms with Gasteiger partial charge < -0.3 is 34.6 Å². The van der Waals surface area contributed by atoms with E-state index >= 15 is 0 Å². The van der Waals surface area contributed by atoms with Crippen molar-refractivity contribution in [3.63, 3.8) is 0 Å². The molecule has 0 aliphatic carbocycles. The number of alkyl halides is 1. The summed E-state index contributed by atoms with van der Waals surface area (Å²) in [5.74, 6) is 4.25. The highest BCUT2D eigenvalue weighted by atomic mass is 32.2. The maximum atomic E-state index is 14.2. The van der Waals surface area contributed by atoms with Gasteiger partial charge in [0.15, 0.2) is 0 Å². The molecule has 0 aromatic heterocycles.